The predicted molar refractivity (Wildman–Crippen MR) is 77.2 cm³/mol. The first kappa shape index (κ1) is 12.3. The molecule has 3 rings (SSSR count). The Labute approximate surface area is 108 Å². The second-order valence-corrected chi connectivity index (χ2v) is 5.09. The number of likely N-dealkylation sites (N-methyl/N-ethyl adjacent to an activating group) is 1. The molecule has 0 radical (unpaired) electrons. The predicted octanol–water partition coefficient (Wildman–Crippen LogP) is 4.08. The Balaban J connectivity index is 0.000000514. The highest BCUT2D eigenvalue weighted by Gasteiger charge is 2.28. The van der Waals surface area contributed by atoms with E-state index >= 15 is 0 Å². The lowest BCUT2D eigenvalue weighted by Crippen LogP contribution is -2.11. The second-order valence-electron chi connectivity index (χ2n) is 3.85. The van der Waals surface area contributed by atoms with Crippen LogP contribution in [-0.2, 0) is 0 Å². The highest BCUT2D eigenvalue weighted by atomic mass is 32.2. The molecule has 0 aromatic heterocycles. The minimum Gasteiger partial charge on any atom is -0.388 e. The van der Waals surface area contributed by atoms with E-state index < -0.39 is 0 Å². The maximum absolute atomic E-state index is 3.22. The largest absolute Gasteiger partial charge is 0.388 e. The van der Waals surface area contributed by atoms with Gasteiger partial charge in [-0.1, -0.05) is 38.1 Å². The molecule has 1 unspecified atom stereocenters. The third kappa shape index (κ3) is 2.27. The van der Waals surface area contributed by atoms with E-state index in [2.05, 4.69) is 41.7 Å². The molecule has 2 heteroatoms. The second kappa shape index (κ2) is 5.46. The van der Waals surface area contributed by atoms with Gasteiger partial charge in [0, 0.05) is 22.9 Å². The van der Waals surface area contributed by atoms with E-state index in [1.807, 2.05) is 32.7 Å². The molecule has 1 aliphatic heterocycles. The van der Waals surface area contributed by atoms with E-state index in [0.29, 0.717) is 5.25 Å². The number of thioether (sulfide) groups is 1. The van der Waals surface area contributed by atoms with Gasteiger partial charge in [-0.2, -0.15) is 0 Å². The molecule has 0 fully saturated rings. The third-order valence-electron chi connectivity index (χ3n) is 2.97. The molecule has 1 aliphatic carbocycles. The van der Waals surface area contributed by atoms with E-state index in [1.165, 1.54) is 21.7 Å². The van der Waals surface area contributed by atoms with Crippen molar-refractivity contribution >= 4 is 17.3 Å². The average molecular weight is 245 g/mol. The van der Waals surface area contributed by atoms with Crippen LogP contribution in [0.15, 0.2) is 47.0 Å². The molecule has 1 aromatic carbocycles. The average Bonchev–Trinajstić information content (AvgIpc) is 2.78. The van der Waals surface area contributed by atoms with Crippen LogP contribution < -0.4 is 5.32 Å². The third-order valence-corrected chi connectivity index (χ3v) is 4.31. The Morgan fingerprint density at radius 2 is 2.00 bits per heavy atom. The van der Waals surface area contributed by atoms with Crippen LogP contribution in [0.2, 0.25) is 0 Å². The van der Waals surface area contributed by atoms with Gasteiger partial charge < -0.3 is 5.32 Å². The Hall–Kier alpha value is -1.15. The Morgan fingerprint density at radius 3 is 2.76 bits per heavy atom. The smallest absolute Gasteiger partial charge is 0.0387 e. The summed E-state index contributed by atoms with van der Waals surface area (Å²) in [5.74, 6) is 0. The van der Waals surface area contributed by atoms with Crippen LogP contribution in [0.4, 0.5) is 0 Å². The van der Waals surface area contributed by atoms with Crippen LogP contribution in [0.3, 0.4) is 0 Å². The van der Waals surface area contributed by atoms with Gasteiger partial charge in [0.25, 0.3) is 0 Å². The van der Waals surface area contributed by atoms with Crippen LogP contribution in [0.1, 0.15) is 25.8 Å². The number of allylic oxidation sites excluding steroid dienone is 2. The number of benzene rings is 1. The zero-order valence-corrected chi connectivity index (χ0v) is 11.5. The zero-order chi connectivity index (χ0) is 12.3. The molecule has 0 bridgehead atoms. The monoisotopic (exact) mass is 245 g/mol. The van der Waals surface area contributed by atoms with E-state index in [4.69, 9.17) is 0 Å². The number of fused-ring (bicyclic) bond motifs is 3. The van der Waals surface area contributed by atoms with Crippen molar-refractivity contribution in [1.29, 1.82) is 0 Å². The SMILES string of the molecule is CC.CNC1=CCC2Sc3ccccc3C2=C1. The molecule has 0 saturated carbocycles. The van der Waals surface area contributed by atoms with Gasteiger partial charge in [-0.15, -0.1) is 11.8 Å². The number of hydrogen-bond donors (Lipinski definition) is 1. The summed E-state index contributed by atoms with van der Waals surface area (Å²) in [5.41, 5.74) is 4.16. The minimum atomic E-state index is 0.638. The molecule has 17 heavy (non-hydrogen) atoms. The van der Waals surface area contributed by atoms with Gasteiger partial charge in [0.15, 0.2) is 0 Å². The summed E-state index contributed by atoms with van der Waals surface area (Å²) in [5, 5.41) is 3.86. The van der Waals surface area contributed by atoms with E-state index in [1.54, 1.807) is 0 Å². The molecule has 1 atom stereocenters. The molecule has 1 heterocycles. The molecule has 1 N–H and O–H groups in total. The van der Waals surface area contributed by atoms with Crippen LogP contribution >= 0.6 is 11.8 Å². The molecular formula is C15H19NS. The van der Waals surface area contributed by atoms with Crippen molar-refractivity contribution in [2.45, 2.75) is 30.4 Å². The molecule has 0 saturated heterocycles. The van der Waals surface area contributed by atoms with Gasteiger partial charge in [0.1, 0.15) is 0 Å². The van der Waals surface area contributed by atoms with Gasteiger partial charge in [-0.3, -0.25) is 0 Å². The summed E-state index contributed by atoms with van der Waals surface area (Å²) >= 11 is 1.99. The summed E-state index contributed by atoms with van der Waals surface area (Å²) < 4.78 is 0. The number of rotatable bonds is 1. The number of nitrogens with one attached hydrogen (secondary N) is 1. The zero-order valence-electron chi connectivity index (χ0n) is 10.7. The van der Waals surface area contributed by atoms with Gasteiger partial charge >= 0.3 is 0 Å². The van der Waals surface area contributed by atoms with Crippen molar-refractivity contribution in [2.75, 3.05) is 7.05 Å². The fourth-order valence-corrected chi connectivity index (χ4v) is 3.47. The summed E-state index contributed by atoms with van der Waals surface area (Å²) in [6.07, 6.45) is 5.71. The maximum Gasteiger partial charge on any atom is 0.0387 e. The lowest BCUT2D eigenvalue weighted by atomic mass is 9.96. The van der Waals surface area contributed by atoms with Gasteiger partial charge in [-0.25, -0.2) is 0 Å². The van der Waals surface area contributed by atoms with Crippen molar-refractivity contribution in [2.24, 2.45) is 0 Å². The van der Waals surface area contributed by atoms with Crippen molar-refractivity contribution in [3.8, 4) is 0 Å². The fourth-order valence-electron chi connectivity index (χ4n) is 2.18. The quantitative estimate of drug-likeness (QED) is 0.800. The standard InChI is InChI=1S/C13H13NS.C2H6/c1-14-9-6-7-13-11(8-9)10-4-2-3-5-12(10)15-13;1-2/h2-6,8,13-14H,7H2,1H3;1-2H3. The molecular weight excluding hydrogens is 226 g/mol. The lowest BCUT2D eigenvalue weighted by molar-refractivity contribution is 0.966. The van der Waals surface area contributed by atoms with Crippen molar-refractivity contribution in [3.05, 3.63) is 47.7 Å². The van der Waals surface area contributed by atoms with Crippen molar-refractivity contribution in [1.82, 2.24) is 5.32 Å². The molecule has 2 aliphatic rings. The van der Waals surface area contributed by atoms with Crippen LogP contribution in [0.25, 0.3) is 5.57 Å². The first-order valence-electron chi connectivity index (χ1n) is 6.24. The number of hydrogen-bond acceptors (Lipinski definition) is 2. The first-order valence-corrected chi connectivity index (χ1v) is 7.12. The minimum absolute atomic E-state index is 0.638. The summed E-state index contributed by atoms with van der Waals surface area (Å²) in [7, 11) is 1.98. The van der Waals surface area contributed by atoms with Gasteiger partial charge in [-0.05, 0) is 29.7 Å². The Morgan fingerprint density at radius 1 is 1.24 bits per heavy atom. The van der Waals surface area contributed by atoms with E-state index in [-0.39, 0.29) is 0 Å². The Kier molecular flexibility index (Phi) is 3.95. The first-order chi connectivity index (χ1) is 8.38. The molecule has 0 amide bonds. The highest BCUT2D eigenvalue weighted by molar-refractivity contribution is 8.00. The highest BCUT2D eigenvalue weighted by Crippen LogP contribution is 2.47. The summed E-state index contributed by atoms with van der Waals surface area (Å²) in [6, 6.07) is 8.70. The Bertz CT molecular complexity index is 460. The lowest BCUT2D eigenvalue weighted by Gasteiger charge is -2.16. The maximum atomic E-state index is 3.22. The molecule has 90 valence electrons. The molecule has 1 aromatic rings. The summed E-state index contributed by atoms with van der Waals surface area (Å²) in [4.78, 5) is 1.43. The van der Waals surface area contributed by atoms with E-state index in [9.17, 15) is 0 Å². The van der Waals surface area contributed by atoms with Crippen molar-refractivity contribution < 1.29 is 0 Å². The molecule has 0 spiro atoms. The molecule has 1 nitrogen and oxygen atoms in total. The van der Waals surface area contributed by atoms with E-state index in [0.717, 1.165) is 6.42 Å². The van der Waals surface area contributed by atoms with Crippen LogP contribution in [0, 0.1) is 0 Å². The normalized spacial score (nSPS) is 20.3. The topological polar surface area (TPSA) is 12.0 Å². The van der Waals surface area contributed by atoms with Crippen molar-refractivity contribution in [3.63, 3.8) is 0 Å². The summed E-state index contributed by atoms with van der Waals surface area (Å²) in [6.45, 7) is 4.00. The van der Waals surface area contributed by atoms with Gasteiger partial charge in [0.2, 0.25) is 0 Å². The fraction of sp³-hybridized carbons (Fsp3) is 0.333. The van der Waals surface area contributed by atoms with Gasteiger partial charge in [0.05, 0.1) is 0 Å². The van der Waals surface area contributed by atoms with Crippen LogP contribution in [-0.4, -0.2) is 12.3 Å². The van der Waals surface area contributed by atoms with Crippen LogP contribution in [0.5, 0.6) is 0 Å².